The molecule has 0 saturated carbocycles. The van der Waals surface area contributed by atoms with E-state index in [0.717, 1.165) is 18.7 Å². The van der Waals surface area contributed by atoms with E-state index in [0.29, 0.717) is 30.1 Å². The van der Waals surface area contributed by atoms with E-state index in [1.54, 1.807) is 35.2 Å². The van der Waals surface area contributed by atoms with Crippen LogP contribution in [0.25, 0.3) is 0 Å². The van der Waals surface area contributed by atoms with Gasteiger partial charge in [0.1, 0.15) is 6.10 Å². The predicted molar refractivity (Wildman–Crippen MR) is 104 cm³/mol. The van der Waals surface area contributed by atoms with Gasteiger partial charge in [0.25, 0.3) is 5.91 Å². The molecule has 1 amide bonds. The number of ether oxygens (including phenoxy) is 2. The SMILES string of the molecule is COC(=O)c1ccc(C(=O)N2CCCC(Oc3ccc(N(C)C)nn3)C2)cc1. The van der Waals surface area contributed by atoms with Gasteiger partial charge in [0.15, 0.2) is 5.82 Å². The molecule has 2 aromatic rings. The van der Waals surface area contributed by atoms with E-state index < -0.39 is 5.97 Å². The fraction of sp³-hybridized carbons (Fsp3) is 0.400. The van der Waals surface area contributed by atoms with Crippen molar-refractivity contribution in [1.29, 1.82) is 0 Å². The first-order valence-electron chi connectivity index (χ1n) is 9.13. The molecule has 0 bridgehead atoms. The van der Waals surface area contributed by atoms with Gasteiger partial charge >= 0.3 is 5.97 Å². The van der Waals surface area contributed by atoms with Crippen LogP contribution in [-0.4, -0.2) is 67.4 Å². The Bertz CT molecular complexity index is 821. The number of methoxy groups -OCH3 is 1. The average Bonchev–Trinajstić information content (AvgIpc) is 2.73. The Balaban J connectivity index is 1.62. The Morgan fingerprint density at radius 1 is 1.07 bits per heavy atom. The monoisotopic (exact) mass is 384 g/mol. The summed E-state index contributed by atoms with van der Waals surface area (Å²) in [5.74, 6) is 0.695. The van der Waals surface area contributed by atoms with Crippen molar-refractivity contribution in [2.45, 2.75) is 18.9 Å². The largest absolute Gasteiger partial charge is 0.471 e. The molecule has 1 unspecified atom stereocenters. The number of rotatable bonds is 5. The zero-order valence-corrected chi connectivity index (χ0v) is 16.3. The Hall–Kier alpha value is -3.16. The average molecular weight is 384 g/mol. The molecule has 8 heteroatoms. The summed E-state index contributed by atoms with van der Waals surface area (Å²) in [4.78, 5) is 27.9. The lowest BCUT2D eigenvalue weighted by Crippen LogP contribution is -2.44. The highest BCUT2D eigenvalue weighted by molar-refractivity contribution is 5.96. The van der Waals surface area contributed by atoms with Crippen molar-refractivity contribution in [1.82, 2.24) is 15.1 Å². The predicted octanol–water partition coefficient (Wildman–Crippen LogP) is 2.01. The number of nitrogens with zero attached hydrogens (tertiary/aromatic N) is 4. The van der Waals surface area contributed by atoms with Crippen LogP contribution in [0.15, 0.2) is 36.4 Å². The summed E-state index contributed by atoms with van der Waals surface area (Å²) in [6, 6.07) is 10.1. The van der Waals surface area contributed by atoms with Crippen molar-refractivity contribution in [2.75, 3.05) is 39.2 Å². The molecule has 1 aliphatic rings. The van der Waals surface area contributed by atoms with Gasteiger partial charge in [-0.3, -0.25) is 4.79 Å². The second-order valence-electron chi connectivity index (χ2n) is 6.83. The van der Waals surface area contributed by atoms with E-state index in [9.17, 15) is 9.59 Å². The molecule has 3 rings (SSSR count). The van der Waals surface area contributed by atoms with Crippen LogP contribution >= 0.6 is 0 Å². The van der Waals surface area contributed by atoms with Gasteiger partial charge in [0.2, 0.25) is 5.88 Å². The van der Waals surface area contributed by atoms with E-state index in [1.165, 1.54) is 7.11 Å². The summed E-state index contributed by atoms with van der Waals surface area (Å²) in [7, 11) is 5.12. The molecule has 1 aromatic heterocycles. The lowest BCUT2D eigenvalue weighted by Gasteiger charge is -2.32. The molecule has 2 heterocycles. The van der Waals surface area contributed by atoms with Crippen molar-refractivity contribution >= 4 is 17.7 Å². The van der Waals surface area contributed by atoms with Crippen molar-refractivity contribution in [2.24, 2.45) is 0 Å². The normalized spacial score (nSPS) is 16.4. The van der Waals surface area contributed by atoms with Gasteiger partial charge in [0.05, 0.1) is 19.2 Å². The van der Waals surface area contributed by atoms with Crippen LogP contribution in [-0.2, 0) is 4.74 Å². The van der Waals surface area contributed by atoms with Gasteiger partial charge in [0, 0.05) is 32.3 Å². The minimum atomic E-state index is -0.424. The van der Waals surface area contributed by atoms with Crippen LogP contribution in [0.3, 0.4) is 0 Å². The number of benzene rings is 1. The first kappa shape index (κ1) is 19.6. The summed E-state index contributed by atoms with van der Waals surface area (Å²) in [5, 5.41) is 8.20. The highest BCUT2D eigenvalue weighted by Crippen LogP contribution is 2.19. The first-order valence-corrected chi connectivity index (χ1v) is 9.13. The van der Waals surface area contributed by atoms with E-state index in [4.69, 9.17) is 4.74 Å². The molecule has 0 aliphatic carbocycles. The zero-order chi connectivity index (χ0) is 20.1. The Morgan fingerprint density at radius 3 is 2.39 bits per heavy atom. The van der Waals surface area contributed by atoms with Gasteiger partial charge in [-0.1, -0.05) is 0 Å². The second kappa shape index (κ2) is 8.69. The number of piperidine rings is 1. The number of aromatic nitrogens is 2. The number of likely N-dealkylation sites (tertiary alicyclic amines) is 1. The molecule has 0 N–H and O–H groups in total. The number of hydrogen-bond donors (Lipinski definition) is 0. The third kappa shape index (κ3) is 4.57. The number of hydrogen-bond acceptors (Lipinski definition) is 7. The third-order valence-corrected chi connectivity index (χ3v) is 4.59. The molecular weight excluding hydrogens is 360 g/mol. The van der Waals surface area contributed by atoms with Crippen LogP contribution in [0.1, 0.15) is 33.6 Å². The minimum absolute atomic E-state index is 0.0845. The molecule has 0 spiro atoms. The second-order valence-corrected chi connectivity index (χ2v) is 6.83. The minimum Gasteiger partial charge on any atom is -0.471 e. The molecule has 1 atom stereocenters. The maximum absolute atomic E-state index is 12.8. The highest BCUT2D eigenvalue weighted by Gasteiger charge is 2.26. The van der Waals surface area contributed by atoms with Gasteiger partial charge in [-0.05, 0) is 43.2 Å². The van der Waals surface area contributed by atoms with Crippen molar-refractivity contribution in [3.8, 4) is 5.88 Å². The quantitative estimate of drug-likeness (QED) is 0.729. The standard InChI is InChI=1S/C20H24N4O4/c1-23(2)17-10-11-18(22-21-17)28-16-5-4-12-24(13-16)19(25)14-6-8-15(9-7-14)20(26)27-3/h6-11,16H,4-5,12-13H2,1-3H3. The summed E-state index contributed by atoms with van der Waals surface area (Å²) in [6.07, 6.45) is 1.56. The van der Waals surface area contributed by atoms with E-state index in [2.05, 4.69) is 14.9 Å². The molecule has 148 valence electrons. The lowest BCUT2D eigenvalue weighted by molar-refractivity contribution is 0.0524. The summed E-state index contributed by atoms with van der Waals surface area (Å²) in [5.41, 5.74) is 0.946. The first-order chi connectivity index (χ1) is 13.5. The zero-order valence-electron chi connectivity index (χ0n) is 16.3. The number of anilines is 1. The maximum atomic E-state index is 12.8. The van der Waals surface area contributed by atoms with E-state index in [-0.39, 0.29) is 12.0 Å². The maximum Gasteiger partial charge on any atom is 0.337 e. The molecule has 8 nitrogen and oxygen atoms in total. The molecule has 1 fully saturated rings. The van der Waals surface area contributed by atoms with Crippen LogP contribution < -0.4 is 9.64 Å². The van der Waals surface area contributed by atoms with Crippen molar-refractivity contribution in [3.63, 3.8) is 0 Å². The third-order valence-electron chi connectivity index (χ3n) is 4.59. The van der Waals surface area contributed by atoms with Crippen molar-refractivity contribution in [3.05, 3.63) is 47.5 Å². The van der Waals surface area contributed by atoms with E-state index in [1.807, 2.05) is 25.1 Å². The molecule has 0 radical (unpaired) electrons. The number of carbonyl (C=O) groups is 2. The Labute approximate surface area is 164 Å². The smallest absolute Gasteiger partial charge is 0.337 e. The fourth-order valence-electron chi connectivity index (χ4n) is 3.05. The number of amides is 1. The lowest BCUT2D eigenvalue weighted by atomic mass is 10.1. The van der Waals surface area contributed by atoms with Gasteiger partial charge in [-0.2, -0.15) is 0 Å². The van der Waals surface area contributed by atoms with Crippen LogP contribution in [0.2, 0.25) is 0 Å². The summed E-state index contributed by atoms with van der Waals surface area (Å²) < 4.78 is 10.6. The van der Waals surface area contributed by atoms with Gasteiger partial charge in [-0.25, -0.2) is 4.79 Å². The van der Waals surface area contributed by atoms with Crippen LogP contribution in [0.4, 0.5) is 5.82 Å². The van der Waals surface area contributed by atoms with Gasteiger partial charge in [-0.15, -0.1) is 10.2 Å². The van der Waals surface area contributed by atoms with E-state index >= 15 is 0 Å². The molecule has 28 heavy (non-hydrogen) atoms. The summed E-state index contributed by atoms with van der Waals surface area (Å²) in [6.45, 7) is 1.15. The van der Waals surface area contributed by atoms with Gasteiger partial charge < -0.3 is 19.3 Å². The number of esters is 1. The van der Waals surface area contributed by atoms with Crippen molar-refractivity contribution < 1.29 is 19.1 Å². The number of carbonyl (C=O) groups excluding carboxylic acids is 2. The molecule has 1 aromatic carbocycles. The summed E-state index contributed by atoms with van der Waals surface area (Å²) >= 11 is 0. The topological polar surface area (TPSA) is 84.9 Å². The Kier molecular flexibility index (Phi) is 6.08. The van der Waals surface area contributed by atoms with Crippen LogP contribution in [0, 0.1) is 0 Å². The molecule has 1 aliphatic heterocycles. The highest BCUT2D eigenvalue weighted by atomic mass is 16.5. The fourth-order valence-corrected chi connectivity index (χ4v) is 3.05. The van der Waals surface area contributed by atoms with Crippen LogP contribution in [0.5, 0.6) is 5.88 Å². The molecular formula is C20H24N4O4. The Morgan fingerprint density at radius 2 is 1.79 bits per heavy atom. The molecule has 1 saturated heterocycles.